The summed E-state index contributed by atoms with van der Waals surface area (Å²) in [4.78, 5) is 20.8. The van der Waals surface area contributed by atoms with Crippen molar-refractivity contribution in [2.45, 2.75) is 58.5 Å². The Kier molecular flexibility index (Phi) is 8.01. The van der Waals surface area contributed by atoms with E-state index in [1.807, 2.05) is 42.2 Å². The molecule has 1 aliphatic carbocycles. The molecule has 0 radical (unpaired) electrons. The second-order valence-corrected chi connectivity index (χ2v) is 11.5. The van der Waals surface area contributed by atoms with Gasteiger partial charge in [-0.25, -0.2) is 4.39 Å². The minimum Gasteiger partial charge on any atom is -0.496 e. The third-order valence-electron chi connectivity index (χ3n) is 7.75. The summed E-state index contributed by atoms with van der Waals surface area (Å²) in [6, 6.07) is 15.0. The van der Waals surface area contributed by atoms with E-state index in [0.717, 1.165) is 60.2 Å². The van der Waals surface area contributed by atoms with Gasteiger partial charge in [0.1, 0.15) is 16.4 Å². The van der Waals surface area contributed by atoms with Crippen molar-refractivity contribution < 1.29 is 13.9 Å². The summed E-state index contributed by atoms with van der Waals surface area (Å²) in [5.41, 5.74) is 3.96. The fourth-order valence-electron chi connectivity index (χ4n) is 5.56. The van der Waals surface area contributed by atoms with E-state index in [1.165, 1.54) is 17.4 Å². The first-order chi connectivity index (χ1) is 18.4. The van der Waals surface area contributed by atoms with Crippen LogP contribution in [0.1, 0.15) is 60.0 Å². The van der Waals surface area contributed by atoms with Gasteiger partial charge in [-0.2, -0.15) is 0 Å². The van der Waals surface area contributed by atoms with Crippen LogP contribution in [0.2, 0.25) is 5.02 Å². The molecule has 0 aliphatic heterocycles. The number of aromatic nitrogens is 1. The van der Waals surface area contributed by atoms with Crippen molar-refractivity contribution in [1.29, 1.82) is 0 Å². The number of ether oxygens (including phenoxy) is 1. The Hall–Kier alpha value is -2.96. The van der Waals surface area contributed by atoms with E-state index in [1.54, 1.807) is 19.4 Å². The Morgan fingerprint density at radius 2 is 1.89 bits per heavy atom. The standard InChI is InChI=1S/C31H32ClFN2O2S/c1-4-20-8-11-24(12-9-20)35(31(36)30-29(32)28-25(33)6-5-7-27(28)38-30)18-23-17-21(10-13-26(23)37-3)22-14-15-34-19(2)16-22/h5-7,10,13-17,20,24H,4,8-9,11-12,18H2,1-3H3/t20-,24+. The third kappa shape index (κ3) is 5.29. The first kappa shape index (κ1) is 26.6. The molecule has 4 aromatic rings. The maximum absolute atomic E-state index is 14.6. The van der Waals surface area contributed by atoms with E-state index in [9.17, 15) is 9.18 Å². The summed E-state index contributed by atoms with van der Waals surface area (Å²) in [6.45, 7) is 4.59. The van der Waals surface area contributed by atoms with E-state index in [0.29, 0.717) is 27.4 Å². The number of pyridine rings is 1. The molecule has 1 fully saturated rings. The highest BCUT2D eigenvalue weighted by atomic mass is 35.5. The zero-order chi connectivity index (χ0) is 26.8. The highest BCUT2D eigenvalue weighted by Gasteiger charge is 2.32. The van der Waals surface area contributed by atoms with Gasteiger partial charge in [-0.05, 0) is 86.1 Å². The Balaban J connectivity index is 1.55. The fraction of sp³-hybridized carbons (Fsp3) is 0.355. The minimum atomic E-state index is -0.403. The monoisotopic (exact) mass is 550 g/mol. The molecule has 2 heterocycles. The average molecular weight is 551 g/mol. The van der Waals surface area contributed by atoms with E-state index >= 15 is 0 Å². The Morgan fingerprint density at radius 1 is 1.13 bits per heavy atom. The predicted molar refractivity (Wildman–Crippen MR) is 154 cm³/mol. The predicted octanol–water partition coefficient (Wildman–Crippen LogP) is 8.68. The molecule has 0 bridgehead atoms. The van der Waals surface area contributed by atoms with Gasteiger partial charge in [0.25, 0.3) is 5.91 Å². The van der Waals surface area contributed by atoms with Crippen LogP contribution in [0, 0.1) is 18.7 Å². The molecule has 38 heavy (non-hydrogen) atoms. The number of nitrogens with zero attached hydrogens (tertiary/aromatic N) is 2. The number of aryl methyl sites for hydroxylation is 1. The molecule has 2 aromatic heterocycles. The van der Waals surface area contributed by atoms with Crippen LogP contribution >= 0.6 is 22.9 Å². The summed E-state index contributed by atoms with van der Waals surface area (Å²) < 4.78 is 21.0. The minimum absolute atomic E-state index is 0.0768. The third-order valence-corrected chi connectivity index (χ3v) is 9.38. The fourth-order valence-corrected chi connectivity index (χ4v) is 7.07. The lowest BCUT2D eigenvalue weighted by atomic mass is 9.83. The number of hydrogen-bond donors (Lipinski definition) is 0. The quantitative estimate of drug-likeness (QED) is 0.231. The lowest BCUT2D eigenvalue weighted by Gasteiger charge is -2.37. The van der Waals surface area contributed by atoms with Gasteiger partial charge in [-0.3, -0.25) is 9.78 Å². The second-order valence-electron chi connectivity index (χ2n) is 10.1. The number of thiophene rings is 1. The topological polar surface area (TPSA) is 42.4 Å². The van der Waals surface area contributed by atoms with Gasteiger partial charge in [0, 0.05) is 40.1 Å². The summed E-state index contributed by atoms with van der Waals surface area (Å²) in [5, 5.41) is 0.526. The molecular weight excluding hydrogens is 519 g/mol. The number of amides is 1. The van der Waals surface area contributed by atoms with Gasteiger partial charge in [-0.1, -0.05) is 37.1 Å². The smallest absolute Gasteiger partial charge is 0.266 e. The molecule has 7 heteroatoms. The summed E-state index contributed by atoms with van der Waals surface area (Å²) in [6.07, 6.45) is 7.02. The highest BCUT2D eigenvalue weighted by Crippen LogP contribution is 2.40. The molecule has 198 valence electrons. The van der Waals surface area contributed by atoms with Crippen molar-refractivity contribution in [2.24, 2.45) is 5.92 Å². The van der Waals surface area contributed by atoms with Crippen molar-refractivity contribution >= 4 is 38.9 Å². The van der Waals surface area contributed by atoms with E-state index in [-0.39, 0.29) is 17.0 Å². The Bertz CT molecular complexity index is 1460. The van der Waals surface area contributed by atoms with E-state index in [4.69, 9.17) is 16.3 Å². The Morgan fingerprint density at radius 3 is 2.58 bits per heavy atom. The first-order valence-corrected chi connectivity index (χ1v) is 14.4. The Labute approximate surface area is 232 Å². The molecule has 0 atom stereocenters. The van der Waals surface area contributed by atoms with Gasteiger partial charge in [0.15, 0.2) is 0 Å². The maximum Gasteiger partial charge on any atom is 0.266 e. The molecule has 5 rings (SSSR count). The highest BCUT2D eigenvalue weighted by molar-refractivity contribution is 7.21. The number of halogens is 2. The molecule has 4 nitrogen and oxygen atoms in total. The van der Waals surface area contributed by atoms with Gasteiger partial charge in [-0.15, -0.1) is 11.3 Å². The molecular formula is C31H32ClFN2O2S. The molecule has 0 spiro atoms. The number of methoxy groups -OCH3 is 1. The van der Waals surface area contributed by atoms with Gasteiger partial charge >= 0.3 is 0 Å². The zero-order valence-electron chi connectivity index (χ0n) is 22.0. The van der Waals surface area contributed by atoms with Crippen LogP contribution < -0.4 is 4.74 Å². The molecule has 1 aliphatic rings. The van der Waals surface area contributed by atoms with Crippen LogP contribution in [0.25, 0.3) is 21.2 Å². The SMILES string of the molecule is CC[C@H]1CC[C@@H](N(Cc2cc(-c3ccnc(C)c3)ccc2OC)C(=O)c2sc3cccc(F)c3c2Cl)CC1. The maximum atomic E-state index is 14.6. The summed E-state index contributed by atoms with van der Waals surface area (Å²) >= 11 is 7.92. The average Bonchev–Trinajstić information content (AvgIpc) is 3.28. The number of carbonyl (C=O) groups excluding carboxylic acids is 1. The van der Waals surface area contributed by atoms with Gasteiger partial charge in [0.2, 0.25) is 0 Å². The zero-order valence-corrected chi connectivity index (χ0v) is 23.5. The largest absolute Gasteiger partial charge is 0.496 e. The van der Waals surface area contributed by atoms with Crippen LogP contribution in [-0.2, 0) is 6.54 Å². The van der Waals surface area contributed by atoms with Crippen molar-refractivity contribution in [1.82, 2.24) is 9.88 Å². The normalized spacial score (nSPS) is 17.5. The van der Waals surface area contributed by atoms with E-state index in [2.05, 4.69) is 18.0 Å². The van der Waals surface area contributed by atoms with Crippen LogP contribution in [0.5, 0.6) is 5.75 Å². The van der Waals surface area contributed by atoms with Crippen molar-refractivity contribution in [3.05, 3.63) is 81.7 Å². The van der Waals surface area contributed by atoms with Crippen molar-refractivity contribution in [3.63, 3.8) is 0 Å². The molecule has 2 aromatic carbocycles. The van der Waals surface area contributed by atoms with Crippen LogP contribution in [0.15, 0.2) is 54.7 Å². The van der Waals surface area contributed by atoms with Gasteiger partial charge in [0.05, 0.1) is 12.1 Å². The number of carbonyl (C=O) groups is 1. The lowest BCUT2D eigenvalue weighted by molar-refractivity contribution is 0.0591. The first-order valence-electron chi connectivity index (χ1n) is 13.2. The van der Waals surface area contributed by atoms with Crippen molar-refractivity contribution in [3.8, 4) is 16.9 Å². The van der Waals surface area contributed by atoms with Gasteiger partial charge < -0.3 is 9.64 Å². The molecule has 1 amide bonds. The van der Waals surface area contributed by atoms with Crippen LogP contribution in [0.4, 0.5) is 4.39 Å². The lowest BCUT2D eigenvalue weighted by Crippen LogP contribution is -2.41. The van der Waals surface area contributed by atoms with E-state index < -0.39 is 5.82 Å². The van der Waals surface area contributed by atoms with Crippen LogP contribution in [-0.4, -0.2) is 28.9 Å². The second kappa shape index (κ2) is 11.4. The molecule has 1 saturated carbocycles. The number of fused-ring (bicyclic) bond motifs is 1. The summed E-state index contributed by atoms with van der Waals surface area (Å²) in [7, 11) is 1.65. The molecule has 0 N–H and O–H groups in total. The number of hydrogen-bond acceptors (Lipinski definition) is 4. The van der Waals surface area contributed by atoms with Crippen molar-refractivity contribution in [2.75, 3.05) is 7.11 Å². The summed E-state index contributed by atoms with van der Waals surface area (Å²) in [5.74, 6) is 0.869. The molecule has 0 unspecified atom stereocenters. The number of rotatable bonds is 7. The number of benzene rings is 2. The van der Waals surface area contributed by atoms with Crippen LogP contribution in [0.3, 0.4) is 0 Å². The molecule has 0 saturated heterocycles.